The lowest BCUT2D eigenvalue weighted by Gasteiger charge is -2.31. The molecule has 3 heterocycles. The molecule has 0 radical (unpaired) electrons. The zero-order valence-electron chi connectivity index (χ0n) is 14.1. The van der Waals surface area contributed by atoms with Crippen LogP contribution in [0, 0.1) is 12.8 Å². The van der Waals surface area contributed by atoms with Crippen LogP contribution in [-0.2, 0) is 4.79 Å². The molecule has 0 saturated carbocycles. The number of H-pyrrole nitrogens is 1. The molecular weight excluding hydrogens is 316 g/mol. The quantitative estimate of drug-likeness (QED) is 0.767. The summed E-state index contributed by atoms with van der Waals surface area (Å²) in [7, 11) is 0. The van der Waals surface area contributed by atoms with Crippen LogP contribution in [0.1, 0.15) is 18.5 Å². The zero-order chi connectivity index (χ0) is 17.2. The first-order valence-electron chi connectivity index (χ1n) is 8.50. The van der Waals surface area contributed by atoms with E-state index in [4.69, 9.17) is 0 Å². The van der Waals surface area contributed by atoms with E-state index in [0.717, 1.165) is 48.5 Å². The van der Waals surface area contributed by atoms with Gasteiger partial charge in [0.05, 0.1) is 16.7 Å². The number of anilines is 2. The topological polar surface area (TPSA) is 86.8 Å². The summed E-state index contributed by atoms with van der Waals surface area (Å²) in [6, 6.07) is 11.7. The SMILES string of the molecule is Cc1ccc(N2CCC(C(=O)Nc3nc4ccccc4[nH]3)CC2)nn1. The van der Waals surface area contributed by atoms with Crippen LogP contribution < -0.4 is 10.2 Å². The van der Waals surface area contributed by atoms with E-state index in [2.05, 4.69) is 30.4 Å². The fourth-order valence-electron chi connectivity index (χ4n) is 3.16. The summed E-state index contributed by atoms with van der Waals surface area (Å²) in [5, 5.41) is 11.2. The van der Waals surface area contributed by atoms with E-state index in [0.29, 0.717) is 5.95 Å². The van der Waals surface area contributed by atoms with E-state index in [1.807, 2.05) is 43.3 Å². The Balaban J connectivity index is 1.37. The van der Waals surface area contributed by atoms with Gasteiger partial charge in [-0.15, -0.1) is 5.10 Å². The van der Waals surface area contributed by atoms with Gasteiger partial charge in [0.15, 0.2) is 5.82 Å². The number of para-hydroxylation sites is 2. The lowest BCUT2D eigenvalue weighted by Crippen LogP contribution is -2.38. The minimum Gasteiger partial charge on any atom is -0.355 e. The van der Waals surface area contributed by atoms with Crippen molar-refractivity contribution in [2.75, 3.05) is 23.3 Å². The van der Waals surface area contributed by atoms with Gasteiger partial charge in [0, 0.05) is 19.0 Å². The number of carbonyl (C=O) groups excluding carboxylic acids is 1. The number of piperidine rings is 1. The van der Waals surface area contributed by atoms with Crippen molar-refractivity contribution in [1.82, 2.24) is 20.2 Å². The highest BCUT2D eigenvalue weighted by molar-refractivity contribution is 5.92. The maximum absolute atomic E-state index is 12.5. The molecule has 1 aliphatic heterocycles. The van der Waals surface area contributed by atoms with Crippen molar-refractivity contribution < 1.29 is 4.79 Å². The fourth-order valence-corrected chi connectivity index (χ4v) is 3.16. The predicted octanol–water partition coefficient (Wildman–Crippen LogP) is 2.52. The van der Waals surface area contributed by atoms with Crippen LogP contribution >= 0.6 is 0 Å². The van der Waals surface area contributed by atoms with E-state index >= 15 is 0 Å². The summed E-state index contributed by atoms with van der Waals surface area (Å²) in [6.45, 7) is 3.53. The molecule has 0 bridgehead atoms. The summed E-state index contributed by atoms with van der Waals surface area (Å²) in [5.41, 5.74) is 2.68. The number of hydrogen-bond acceptors (Lipinski definition) is 5. The molecule has 1 amide bonds. The van der Waals surface area contributed by atoms with Gasteiger partial charge < -0.3 is 9.88 Å². The highest BCUT2D eigenvalue weighted by Gasteiger charge is 2.26. The molecule has 1 aliphatic rings. The lowest BCUT2D eigenvalue weighted by molar-refractivity contribution is -0.120. The third kappa shape index (κ3) is 3.31. The second-order valence-electron chi connectivity index (χ2n) is 6.39. The first-order chi connectivity index (χ1) is 12.2. The molecule has 128 valence electrons. The molecule has 7 nitrogen and oxygen atoms in total. The summed E-state index contributed by atoms with van der Waals surface area (Å²) in [4.78, 5) is 22.2. The number of imidazole rings is 1. The van der Waals surface area contributed by atoms with E-state index < -0.39 is 0 Å². The van der Waals surface area contributed by atoms with Gasteiger partial charge in [-0.05, 0) is 44.0 Å². The first kappa shape index (κ1) is 15.6. The minimum atomic E-state index is -0.0112. The van der Waals surface area contributed by atoms with Crippen LogP contribution in [0.25, 0.3) is 11.0 Å². The standard InChI is InChI=1S/C18H20N6O/c1-12-6-7-16(23-22-12)24-10-8-13(9-11-24)17(25)21-18-19-14-4-2-3-5-15(14)20-18/h2-7,13H,8-11H2,1H3,(H2,19,20,21,25). The molecule has 0 aliphatic carbocycles. The molecule has 1 aromatic carbocycles. The van der Waals surface area contributed by atoms with Crippen molar-refractivity contribution in [2.24, 2.45) is 5.92 Å². The zero-order valence-corrected chi connectivity index (χ0v) is 14.1. The Kier molecular flexibility index (Phi) is 4.05. The highest BCUT2D eigenvalue weighted by atomic mass is 16.2. The minimum absolute atomic E-state index is 0.0112. The maximum Gasteiger partial charge on any atom is 0.229 e. The maximum atomic E-state index is 12.5. The summed E-state index contributed by atoms with van der Waals surface area (Å²) >= 11 is 0. The third-order valence-electron chi connectivity index (χ3n) is 4.60. The smallest absolute Gasteiger partial charge is 0.229 e. The number of aromatic nitrogens is 4. The van der Waals surface area contributed by atoms with Crippen LogP contribution in [0.15, 0.2) is 36.4 Å². The van der Waals surface area contributed by atoms with Crippen molar-refractivity contribution in [2.45, 2.75) is 19.8 Å². The van der Waals surface area contributed by atoms with Crippen molar-refractivity contribution in [3.63, 3.8) is 0 Å². The normalized spacial score (nSPS) is 15.5. The Hall–Kier alpha value is -2.96. The molecule has 2 N–H and O–H groups in total. The third-order valence-corrected chi connectivity index (χ3v) is 4.60. The van der Waals surface area contributed by atoms with Gasteiger partial charge in [-0.2, -0.15) is 5.10 Å². The number of benzene rings is 1. The number of rotatable bonds is 3. The van der Waals surface area contributed by atoms with Gasteiger partial charge >= 0.3 is 0 Å². The molecule has 0 atom stereocenters. The average molecular weight is 336 g/mol. The van der Waals surface area contributed by atoms with Gasteiger partial charge in [0.25, 0.3) is 0 Å². The van der Waals surface area contributed by atoms with E-state index in [1.54, 1.807) is 0 Å². The summed E-state index contributed by atoms with van der Waals surface area (Å²) < 4.78 is 0. The molecule has 7 heteroatoms. The number of aryl methyl sites for hydroxylation is 1. The average Bonchev–Trinajstić information content (AvgIpc) is 3.05. The molecule has 1 fully saturated rings. The molecule has 1 saturated heterocycles. The van der Waals surface area contributed by atoms with Crippen LogP contribution in [0.3, 0.4) is 0 Å². The Labute approximate surface area is 145 Å². The second-order valence-corrected chi connectivity index (χ2v) is 6.39. The predicted molar refractivity (Wildman–Crippen MR) is 96.4 cm³/mol. The van der Waals surface area contributed by atoms with E-state index in [-0.39, 0.29) is 11.8 Å². The van der Waals surface area contributed by atoms with Crippen LogP contribution in [0.4, 0.5) is 11.8 Å². The van der Waals surface area contributed by atoms with Crippen molar-refractivity contribution in [1.29, 1.82) is 0 Å². The van der Waals surface area contributed by atoms with Gasteiger partial charge in [0.2, 0.25) is 11.9 Å². The Morgan fingerprint density at radius 1 is 1.16 bits per heavy atom. The van der Waals surface area contributed by atoms with E-state index in [1.165, 1.54) is 0 Å². The van der Waals surface area contributed by atoms with Crippen molar-refractivity contribution in [3.8, 4) is 0 Å². The number of carbonyl (C=O) groups is 1. The van der Waals surface area contributed by atoms with Gasteiger partial charge in [0.1, 0.15) is 0 Å². The number of fused-ring (bicyclic) bond motifs is 1. The summed E-state index contributed by atoms with van der Waals surface area (Å²) in [5.74, 6) is 1.40. The summed E-state index contributed by atoms with van der Waals surface area (Å²) in [6.07, 6.45) is 1.59. The number of nitrogens with zero attached hydrogens (tertiary/aromatic N) is 4. The number of hydrogen-bond donors (Lipinski definition) is 2. The van der Waals surface area contributed by atoms with Gasteiger partial charge in [-0.25, -0.2) is 4.98 Å². The Bertz CT molecular complexity index is 847. The molecule has 3 aromatic rings. The van der Waals surface area contributed by atoms with Crippen LogP contribution in [0.2, 0.25) is 0 Å². The Morgan fingerprint density at radius 3 is 2.68 bits per heavy atom. The number of amides is 1. The molecule has 0 spiro atoms. The highest BCUT2D eigenvalue weighted by Crippen LogP contribution is 2.23. The number of aromatic amines is 1. The molecule has 0 unspecified atom stereocenters. The van der Waals surface area contributed by atoms with Crippen LogP contribution in [-0.4, -0.2) is 39.2 Å². The van der Waals surface area contributed by atoms with Crippen molar-refractivity contribution in [3.05, 3.63) is 42.1 Å². The molecule has 4 rings (SSSR count). The lowest BCUT2D eigenvalue weighted by atomic mass is 9.96. The Morgan fingerprint density at radius 2 is 1.96 bits per heavy atom. The molecular formula is C18H20N6O. The van der Waals surface area contributed by atoms with Crippen LogP contribution in [0.5, 0.6) is 0 Å². The van der Waals surface area contributed by atoms with Gasteiger partial charge in [-0.1, -0.05) is 12.1 Å². The van der Waals surface area contributed by atoms with Crippen molar-refractivity contribution >= 4 is 28.7 Å². The molecule has 25 heavy (non-hydrogen) atoms. The fraction of sp³-hybridized carbons (Fsp3) is 0.333. The largest absolute Gasteiger partial charge is 0.355 e. The number of nitrogens with one attached hydrogen (secondary N) is 2. The first-order valence-corrected chi connectivity index (χ1v) is 8.50. The monoisotopic (exact) mass is 336 g/mol. The van der Waals surface area contributed by atoms with Gasteiger partial charge in [-0.3, -0.25) is 10.1 Å². The second kappa shape index (κ2) is 6.51. The molecule has 2 aromatic heterocycles. The van der Waals surface area contributed by atoms with E-state index in [9.17, 15) is 4.79 Å².